The minimum absolute atomic E-state index is 0.682. The largest absolute Gasteiger partial charge is 0.457 e. The number of fused-ring (bicyclic) bond motifs is 1. The van der Waals surface area contributed by atoms with Crippen LogP contribution in [0.2, 0.25) is 0 Å². The predicted molar refractivity (Wildman–Crippen MR) is 120 cm³/mol. The standard InChI is InChI=1S/C23H24N6O/c1-5-26-29-10-8-19(9-11-29)30-21-7-6-18(12-16(21)3)28-23-22-20(24-14-25-23)13-15(2)17(4)27-22/h5-10,12-14H,11H2,1-4H3,(H,24,25,28)/b26-5-. The second-order valence-electron chi connectivity index (χ2n) is 7.11. The molecule has 0 saturated heterocycles. The van der Waals surface area contributed by atoms with Crippen molar-refractivity contribution in [2.45, 2.75) is 27.7 Å². The van der Waals surface area contributed by atoms with E-state index in [4.69, 9.17) is 4.74 Å². The number of rotatable bonds is 5. The Bertz CT molecular complexity index is 1180. The van der Waals surface area contributed by atoms with Gasteiger partial charge in [-0.1, -0.05) is 0 Å². The number of anilines is 2. The van der Waals surface area contributed by atoms with Crippen molar-refractivity contribution in [1.82, 2.24) is 20.0 Å². The molecule has 0 bridgehead atoms. The van der Waals surface area contributed by atoms with Crippen LogP contribution in [0.25, 0.3) is 11.0 Å². The highest BCUT2D eigenvalue weighted by atomic mass is 16.5. The van der Waals surface area contributed by atoms with Crippen LogP contribution in [-0.2, 0) is 0 Å². The number of hydrazone groups is 1. The summed E-state index contributed by atoms with van der Waals surface area (Å²) in [4.78, 5) is 13.4. The maximum atomic E-state index is 6.05. The highest BCUT2D eigenvalue weighted by molar-refractivity contribution is 5.87. The molecule has 30 heavy (non-hydrogen) atoms. The minimum atomic E-state index is 0.682. The van der Waals surface area contributed by atoms with Crippen LogP contribution in [0.4, 0.5) is 11.5 Å². The zero-order chi connectivity index (χ0) is 21.1. The van der Waals surface area contributed by atoms with Gasteiger partial charge in [0, 0.05) is 23.8 Å². The molecular formula is C23H24N6O. The Kier molecular flexibility index (Phi) is 5.43. The lowest BCUT2D eigenvalue weighted by Gasteiger charge is -2.18. The van der Waals surface area contributed by atoms with E-state index in [1.54, 1.807) is 12.5 Å². The fraction of sp³-hybridized carbons (Fsp3) is 0.217. The van der Waals surface area contributed by atoms with E-state index in [1.807, 2.05) is 75.3 Å². The molecule has 152 valence electrons. The van der Waals surface area contributed by atoms with Gasteiger partial charge in [-0.25, -0.2) is 15.0 Å². The van der Waals surface area contributed by atoms with Crippen molar-refractivity contribution in [3.05, 3.63) is 71.5 Å². The Hall–Kier alpha value is -3.74. The average Bonchev–Trinajstić information content (AvgIpc) is 2.73. The predicted octanol–water partition coefficient (Wildman–Crippen LogP) is 4.79. The topological polar surface area (TPSA) is 75.5 Å². The van der Waals surface area contributed by atoms with Crippen LogP contribution in [0.15, 0.2) is 59.8 Å². The first-order valence-electron chi connectivity index (χ1n) is 9.81. The van der Waals surface area contributed by atoms with Crippen LogP contribution in [-0.4, -0.2) is 32.7 Å². The van der Waals surface area contributed by atoms with Crippen molar-refractivity contribution < 1.29 is 4.74 Å². The van der Waals surface area contributed by atoms with Crippen LogP contribution in [0.1, 0.15) is 23.7 Å². The van der Waals surface area contributed by atoms with E-state index in [-0.39, 0.29) is 0 Å². The molecule has 1 N–H and O–H groups in total. The zero-order valence-electron chi connectivity index (χ0n) is 17.5. The normalized spacial score (nSPS) is 13.7. The van der Waals surface area contributed by atoms with Gasteiger partial charge in [-0.15, -0.1) is 0 Å². The molecule has 0 unspecified atom stereocenters. The molecule has 0 radical (unpaired) electrons. The van der Waals surface area contributed by atoms with E-state index in [0.29, 0.717) is 12.4 Å². The monoisotopic (exact) mass is 400 g/mol. The van der Waals surface area contributed by atoms with Gasteiger partial charge < -0.3 is 10.1 Å². The van der Waals surface area contributed by atoms with Gasteiger partial charge in [0.15, 0.2) is 5.82 Å². The third-order valence-electron chi connectivity index (χ3n) is 4.87. The summed E-state index contributed by atoms with van der Waals surface area (Å²) in [5.41, 5.74) is 5.59. The minimum Gasteiger partial charge on any atom is -0.457 e. The van der Waals surface area contributed by atoms with Crippen molar-refractivity contribution in [3.63, 3.8) is 0 Å². The summed E-state index contributed by atoms with van der Waals surface area (Å²) in [5, 5.41) is 9.43. The van der Waals surface area contributed by atoms with Crippen molar-refractivity contribution in [2.24, 2.45) is 5.10 Å². The van der Waals surface area contributed by atoms with Gasteiger partial charge in [-0.05, 0) is 75.2 Å². The number of aryl methyl sites for hydroxylation is 3. The van der Waals surface area contributed by atoms with Crippen LogP contribution in [0, 0.1) is 20.8 Å². The fourth-order valence-electron chi connectivity index (χ4n) is 3.15. The van der Waals surface area contributed by atoms with Crippen LogP contribution in [0.5, 0.6) is 5.75 Å². The van der Waals surface area contributed by atoms with E-state index in [1.165, 1.54) is 0 Å². The second kappa shape index (κ2) is 8.32. The summed E-state index contributed by atoms with van der Waals surface area (Å²) in [6.45, 7) is 8.62. The third-order valence-corrected chi connectivity index (χ3v) is 4.87. The first-order valence-corrected chi connectivity index (χ1v) is 9.81. The lowest BCUT2D eigenvalue weighted by atomic mass is 10.2. The third kappa shape index (κ3) is 4.15. The number of hydrogen-bond donors (Lipinski definition) is 1. The number of hydrogen-bond acceptors (Lipinski definition) is 7. The molecule has 0 atom stereocenters. The summed E-state index contributed by atoms with van der Waals surface area (Å²) >= 11 is 0. The Morgan fingerprint density at radius 1 is 1.13 bits per heavy atom. The number of benzene rings is 1. The van der Waals surface area contributed by atoms with Gasteiger partial charge in [0.25, 0.3) is 0 Å². The van der Waals surface area contributed by atoms with E-state index < -0.39 is 0 Å². The quantitative estimate of drug-likeness (QED) is 0.621. The average molecular weight is 400 g/mol. The molecule has 7 heteroatoms. The zero-order valence-corrected chi connectivity index (χ0v) is 17.5. The van der Waals surface area contributed by atoms with E-state index in [2.05, 4.69) is 25.4 Å². The first kappa shape index (κ1) is 19.6. The van der Waals surface area contributed by atoms with Gasteiger partial charge in [0.05, 0.1) is 12.1 Å². The number of ether oxygens (including phenoxy) is 1. The highest BCUT2D eigenvalue weighted by Gasteiger charge is 2.10. The summed E-state index contributed by atoms with van der Waals surface area (Å²) in [7, 11) is 0. The fourth-order valence-corrected chi connectivity index (χ4v) is 3.15. The van der Waals surface area contributed by atoms with Gasteiger partial charge in [0.2, 0.25) is 0 Å². The molecule has 3 aromatic rings. The molecule has 0 aliphatic carbocycles. The molecule has 4 rings (SSSR count). The van der Waals surface area contributed by atoms with Gasteiger partial charge >= 0.3 is 0 Å². The van der Waals surface area contributed by atoms with E-state index >= 15 is 0 Å². The number of aromatic nitrogens is 3. The molecule has 2 aromatic heterocycles. The number of nitrogens with one attached hydrogen (secondary N) is 1. The molecule has 0 fully saturated rings. The Morgan fingerprint density at radius 2 is 2.00 bits per heavy atom. The van der Waals surface area contributed by atoms with Crippen molar-refractivity contribution in [1.29, 1.82) is 0 Å². The summed E-state index contributed by atoms with van der Waals surface area (Å²) < 4.78 is 6.05. The SMILES string of the molecule is C/C=N\N1C=CC(Oc2ccc(Nc3ncnc4cc(C)c(C)nc34)cc2C)=CC1. The smallest absolute Gasteiger partial charge is 0.160 e. The van der Waals surface area contributed by atoms with E-state index in [0.717, 1.165) is 45.1 Å². The summed E-state index contributed by atoms with van der Waals surface area (Å²) in [6.07, 6.45) is 9.13. The van der Waals surface area contributed by atoms with Crippen LogP contribution >= 0.6 is 0 Å². The molecule has 1 aliphatic heterocycles. The first-order chi connectivity index (χ1) is 14.5. The van der Waals surface area contributed by atoms with Gasteiger partial charge in [0.1, 0.15) is 23.4 Å². The van der Waals surface area contributed by atoms with Crippen LogP contribution < -0.4 is 10.1 Å². The maximum Gasteiger partial charge on any atom is 0.160 e. The molecule has 0 saturated carbocycles. The molecule has 0 spiro atoms. The molecular weight excluding hydrogens is 376 g/mol. The molecule has 1 aromatic carbocycles. The molecule has 7 nitrogen and oxygen atoms in total. The molecule has 1 aliphatic rings. The Balaban J connectivity index is 1.53. The molecule has 0 amide bonds. The number of nitrogens with zero attached hydrogens (tertiary/aromatic N) is 5. The van der Waals surface area contributed by atoms with Crippen molar-refractivity contribution >= 4 is 28.8 Å². The highest BCUT2D eigenvalue weighted by Crippen LogP contribution is 2.28. The summed E-state index contributed by atoms with van der Waals surface area (Å²) in [5.74, 6) is 2.30. The van der Waals surface area contributed by atoms with Gasteiger partial charge in [-0.3, -0.25) is 5.01 Å². The lowest BCUT2D eigenvalue weighted by Crippen LogP contribution is -2.14. The van der Waals surface area contributed by atoms with Gasteiger partial charge in [-0.2, -0.15) is 5.10 Å². The summed E-state index contributed by atoms with van der Waals surface area (Å²) in [6, 6.07) is 7.99. The number of allylic oxidation sites excluding steroid dienone is 1. The van der Waals surface area contributed by atoms with E-state index in [9.17, 15) is 0 Å². The Morgan fingerprint density at radius 3 is 2.73 bits per heavy atom. The Labute approximate surface area is 175 Å². The van der Waals surface area contributed by atoms with Crippen LogP contribution in [0.3, 0.4) is 0 Å². The number of pyridine rings is 1. The van der Waals surface area contributed by atoms with Crippen molar-refractivity contribution in [3.8, 4) is 5.75 Å². The maximum absolute atomic E-state index is 6.05. The van der Waals surface area contributed by atoms with Crippen molar-refractivity contribution in [2.75, 3.05) is 11.9 Å². The lowest BCUT2D eigenvalue weighted by molar-refractivity contribution is 0.393. The second-order valence-corrected chi connectivity index (χ2v) is 7.11. The molecule has 3 heterocycles.